The van der Waals surface area contributed by atoms with Crippen molar-refractivity contribution in [1.82, 2.24) is 0 Å². The lowest BCUT2D eigenvalue weighted by molar-refractivity contribution is 0.0660. The van der Waals surface area contributed by atoms with E-state index in [9.17, 15) is 10.1 Å². The van der Waals surface area contributed by atoms with Crippen LogP contribution in [0.4, 0.5) is 0 Å². The third kappa shape index (κ3) is 4.51. The van der Waals surface area contributed by atoms with Crippen LogP contribution in [-0.4, -0.2) is 24.3 Å². The molecule has 1 aromatic carbocycles. The molecule has 0 aliphatic heterocycles. The maximum Gasteiger partial charge on any atom is 0.371 e. The van der Waals surface area contributed by atoms with E-state index in [2.05, 4.69) is 6.07 Å². The van der Waals surface area contributed by atoms with Gasteiger partial charge in [0, 0.05) is 6.42 Å². The third-order valence-electron chi connectivity index (χ3n) is 3.15. The van der Waals surface area contributed by atoms with Crippen LogP contribution in [0.2, 0.25) is 0 Å². The summed E-state index contributed by atoms with van der Waals surface area (Å²) in [6.45, 7) is 2.83. The van der Waals surface area contributed by atoms with Crippen LogP contribution in [0.3, 0.4) is 0 Å². The van der Waals surface area contributed by atoms with Crippen molar-refractivity contribution in [3.05, 3.63) is 47.9 Å². The molecular formula is C17H17NO5. The fourth-order valence-corrected chi connectivity index (χ4v) is 2.02. The molecule has 0 radical (unpaired) electrons. The van der Waals surface area contributed by atoms with Gasteiger partial charge < -0.3 is 19.0 Å². The molecule has 0 saturated heterocycles. The van der Waals surface area contributed by atoms with Crippen molar-refractivity contribution < 1.29 is 23.8 Å². The van der Waals surface area contributed by atoms with Crippen LogP contribution < -0.4 is 9.47 Å². The number of rotatable bonds is 8. The second-order valence-electron chi connectivity index (χ2n) is 4.73. The van der Waals surface area contributed by atoms with E-state index in [4.69, 9.17) is 19.0 Å². The van der Waals surface area contributed by atoms with Gasteiger partial charge in [0.15, 0.2) is 0 Å². The molecule has 1 atom stereocenters. The highest BCUT2D eigenvalue weighted by atomic mass is 16.5. The largest absolute Gasteiger partial charge is 0.494 e. The maximum atomic E-state index is 10.8. The Bertz CT molecular complexity index is 684. The lowest BCUT2D eigenvalue weighted by Crippen LogP contribution is -2.04. The highest BCUT2D eigenvalue weighted by Crippen LogP contribution is 2.23. The molecule has 23 heavy (non-hydrogen) atoms. The number of nitrogens with zero attached hydrogens (tertiary/aromatic N) is 1. The summed E-state index contributed by atoms with van der Waals surface area (Å²) in [7, 11) is 0. The predicted octanol–water partition coefficient (Wildman–Crippen LogP) is 3.45. The number of benzene rings is 1. The van der Waals surface area contributed by atoms with Gasteiger partial charge in [0.2, 0.25) is 5.76 Å². The van der Waals surface area contributed by atoms with E-state index in [1.807, 2.05) is 19.1 Å². The van der Waals surface area contributed by atoms with Crippen LogP contribution in [0, 0.1) is 11.3 Å². The van der Waals surface area contributed by atoms with E-state index in [0.29, 0.717) is 31.1 Å². The van der Waals surface area contributed by atoms with Crippen molar-refractivity contribution in [3.63, 3.8) is 0 Å². The van der Waals surface area contributed by atoms with Crippen molar-refractivity contribution in [1.29, 1.82) is 5.26 Å². The molecule has 1 N–H and O–H groups in total. The Labute approximate surface area is 133 Å². The summed E-state index contributed by atoms with van der Waals surface area (Å²) in [5.74, 6) is -0.0976. The summed E-state index contributed by atoms with van der Waals surface area (Å²) >= 11 is 0. The summed E-state index contributed by atoms with van der Waals surface area (Å²) in [5.41, 5.74) is 0. The Morgan fingerprint density at radius 3 is 2.39 bits per heavy atom. The highest BCUT2D eigenvalue weighted by molar-refractivity contribution is 5.84. The van der Waals surface area contributed by atoms with Crippen LogP contribution in [0.1, 0.15) is 35.6 Å². The van der Waals surface area contributed by atoms with Gasteiger partial charge in [-0.15, -0.1) is 0 Å². The molecule has 120 valence electrons. The van der Waals surface area contributed by atoms with E-state index in [-0.39, 0.29) is 5.76 Å². The predicted molar refractivity (Wildman–Crippen MR) is 81.7 cm³/mol. The molecule has 0 fully saturated rings. The molecule has 2 aromatic rings. The Balaban J connectivity index is 1.88. The van der Waals surface area contributed by atoms with Crippen LogP contribution in [0.25, 0.3) is 0 Å². The maximum absolute atomic E-state index is 10.8. The fraction of sp³-hybridized carbons (Fsp3) is 0.294. The normalized spacial score (nSPS) is 11.5. The number of carbonyl (C=O) groups is 1. The minimum absolute atomic E-state index is 0.173. The summed E-state index contributed by atoms with van der Waals surface area (Å²) in [4.78, 5) is 10.8. The van der Waals surface area contributed by atoms with Gasteiger partial charge in [0.05, 0.1) is 19.3 Å². The smallest absolute Gasteiger partial charge is 0.371 e. The van der Waals surface area contributed by atoms with Crippen LogP contribution in [0.15, 0.2) is 40.8 Å². The molecule has 0 aliphatic carbocycles. The van der Waals surface area contributed by atoms with Crippen molar-refractivity contribution in [3.8, 4) is 17.6 Å². The molecule has 0 amide bonds. The first-order chi connectivity index (χ1) is 11.1. The zero-order valence-electron chi connectivity index (χ0n) is 12.7. The van der Waals surface area contributed by atoms with E-state index in [0.717, 1.165) is 5.75 Å². The van der Waals surface area contributed by atoms with Crippen molar-refractivity contribution >= 4 is 5.97 Å². The topological polar surface area (TPSA) is 92.7 Å². The first-order valence-corrected chi connectivity index (χ1v) is 7.22. The van der Waals surface area contributed by atoms with E-state index < -0.39 is 11.9 Å². The number of carboxylic acids is 1. The summed E-state index contributed by atoms with van der Waals surface area (Å²) in [5, 5.41) is 18.0. The van der Waals surface area contributed by atoms with Gasteiger partial charge in [-0.05, 0) is 43.3 Å². The monoisotopic (exact) mass is 315 g/mol. The lowest BCUT2D eigenvalue weighted by Gasteiger charge is -2.09. The zero-order chi connectivity index (χ0) is 16.7. The van der Waals surface area contributed by atoms with Gasteiger partial charge in [0.1, 0.15) is 23.2 Å². The molecule has 1 unspecified atom stereocenters. The van der Waals surface area contributed by atoms with Crippen molar-refractivity contribution in [2.24, 2.45) is 0 Å². The number of furan rings is 1. The van der Waals surface area contributed by atoms with Gasteiger partial charge in [-0.2, -0.15) is 5.26 Å². The number of ether oxygens (including phenoxy) is 2. The van der Waals surface area contributed by atoms with Crippen molar-refractivity contribution in [2.75, 3.05) is 13.2 Å². The van der Waals surface area contributed by atoms with E-state index >= 15 is 0 Å². The molecule has 1 heterocycles. The van der Waals surface area contributed by atoms with Gasteiger partial charge in [0.25, 0.3) is 0 Å². The highest BCUT2D eigenvalue weighted by Gasteiger charge is 2.17. The molecule has 2 rings (SSSR count). The molecular weight excluding hydrogens is 298 g/mol. The Kier molecular flexibility index (Phi) is 5.64. The zero-order valence-corrected chi connectivity index (χ0v) is 12.7. The second-order valence-corrected chi connectivity index (χ2v) is 4.73. The van der Waals surface area contributed by atoms with E-state index in [1.54, 1.807) is 12.1 Å². The van der Waals surface area contributed by atoms with Crippen LogP contribution in [-0.2, 0) is 0 Å². The number of aromatic carboxylic acids is 1. The van der Waals surface area contributed by atoms with E-state index in [1.165, 1.54) is 12.1 Å². The second kappa shape index (κ2) is 7.90. The Morgan fingerprint density at radius 2 is 1.87 bits per heavy atom. The minimum Gasteiger partial charge on any atom is -0.494 e. The van der Waals surface area contributed by atoms with Gasteiger partial charge in [-0.3, -0.25) is 0 Å². The molecule has 0 bridgehead atoms. The summed E-state index contributed by atoms with van der Waals surface area (Å²) < 4.78 is 16.1. The number of nitriles is 1. The van der Waals surface area contributed by atoms with Gasteiger partial charge >= 0.3 is 5.97 Å². The number of carboxylic acid groups (broad SMARTS) is 1. The SMILES string of the molecule is CCOc1ccc(OCCC(C#N)c2ccc(C(=O)O)o2)cc1. The lowest BCUT2D eigenvalue weighted by atomic mass is 10.1. The average Bonchev–Trinajstić information content (AvgIpc) is 3.03. The first-order valence-electron chi connectivity index (χ1n) is 7.22. The van der Waals surface area contributed by atoms with Gasteiger partial charge in [-0.1, -0.05) is 0 Å². The average molecular weight is 315 g/mol. The quantitative estimate of drug-likeness (QED) is 0.802. The molecule has 0 saturated carbocycles. The Hall–Kier alpha value is -2.94. The summed E-state index contributed by atoms with van der Waals surface area (Å²) in [6.07, 6.45) is 0.399. The van der Waals surface area contributed by atoms with Crippen molar-refractivity contribution in [2.45, 2.75) is 19.3 Å². The molecule has 6 nitrogen and oxygen atoms in total. The van der Waals surface area contributed by atoms with Gasteiger partial charge in [-0.25, -0.2) is 4.79 Å². The standard InChI is InChI=1S/C17H17NO5/c1-2-21-13-3-5-14(6-4-13)22-10-9-12(11-18)15-7-8-16(23-15)17(19)20/h3-8,12H,2,9-10H2,1H3,(H,19,20). The molecule has 6 heteroatoms. The first kappa shape index (κ1) is 16.4. The number of hydrogen-bond donors (Lipinski definition) is 1. The summed E-state index contributed by atoms with van der Waals surface area (Å²) in [6, 6.07) is 12.2. The number of hydrogen-bond acceptors (Lipinski definition) is 5. The molecule has 0 spiro atoms. The van der Waals surface area contributed by atoms with Crippen LogP contribution >= 0.6 is 0 Å². The van der Waals surface area contributed by atoms with Crippen LogP contribution in [0.5, 0.6) is 11.5 Å². The fourth-order valence-electron chi connectivity index (χ4n) is 2.02. The molecule has 1 aromatic heterocycles. The Morgan fingerprint density at radius 1 is 1.22 bits per heavy atom. The minimum atomic E-state index is -1.15. The third-order valence-corrected chi connectivity index (χ3v) is 3.15. The molecule has 0 aliphatic rings.